The number of rotatable bonds is 4. The van der Waals surface area contributed by atoms with Gasteiger partial charge in [0.2, 0.25) is 5.91 Å². The first kappa shape index (κ1) is 18.9. The molecule has 1 aromatic carbocycles. The van der Waals surface area contributed by atoms with E-state index >= 15 is 0 Å². The largest absolute Gasteiger partial charge is 0.352 e. The zero-order valence-corrected chi connectivity index (χ0v) is 16.2. The summed E-state index contributed by atoms with van der Waals surface area (Å²) in [5.74, 6) is 0.777. The number of imide groups is 1. The quantitative estimate of drug-likeness (QED) is 0.589. The normalized spacial score (nSPS) is 34.5. The molecule has 7 nitrogen and oxygen atoms in total. The molecule has 5 N–H and O–H groups in total. The smallest absolute Gasteiger partial charge is 0.322 e. The molecule has 1 aliphatic heterocycles. The number of carbonyl (C=O) groups is 3. The Bertz CT molecular complexity index is 779. The van der Waals surface area contributed by atoms with Crippen molar-refractivity contribution < 1.29 is 14.4 Å². The maximum atomic E-state index is 12.7. The minimum Gasteiger partial charge on any atom is -0.352 e. The maximum Gasteiger partial charge on any atom is 0.322 e. The lowest BCUT2D eigenvalue weighted by molar-refractivity contribution is -0.128. The molecule has 0 spiro atoms. The molecular formula is C21H28N4O3. The van der Waals surface area contributed by atoms with Gasteiger partial charge in [0.05, 0.1) is 0 Å². The molecule has 7 heteroatoms. The molecule has 1 saturated heterocycles. The first-order chi connectivity index (χ1) is 13.4. The minimum atomic E-state index is -1.06. The van der Waals surface area contributed by atoms with Gasteiger partial charge < -0.3 is 16.4 Å². The lowest BCUT2D eigenvalue weighted by Crippen LogP contribution is -2.49. The predicted octanol–water partition coefficient (Wildman–Crippen LogP) is 1.51. The molecule has 3 unspecified atom stereocenters. The Morgan fingerprint density at radius 2 is 1.82 bits per heavy atom. The summed E-state index contributed by atoms with van der Waals surface area (Å²) in [7, 11) is 0. The van der Waals surface area contributed by atoms with Crippen molar-refractivity contribution in [3.63, 3.8) is 0 Å². The molecule has 150 valence electrons. The SMILES string of the molecule is CC1(c2ccc(CNC(=O)C3CC4CCCC(C3)C4N)cc2)NC(=O)NC1=O. The van der Waals surface area contributed by atoms with Gasteiger partial charge in [0.15, 0.2) is 0 Å². The summed E-state index contributed by atoms with van der Waals surface area (Å²) in [6, 6.07) is 7.17. The molecule has 3 aliphatic rings. The van der Waals surface area contributed by atoms with E-state index in [1.807, 2.05) is 24.3 Å². The van der Waals surface area contributed by atoms with Crippen LogP contribution in [-0.2, 0) is 21.7 Å². The summed E-state index contributed by atoms with van der Waals surface area (Å²) in [5, 5.41) is 7.97. The highest BCUT2D eigenvalue weighted by atomic mass is 16.2. The van der Waals surface area contributed by atoms with Crippen LogP contribution in [0.2, 0.25) is 0 Å². The first-order valence-corrected chi connectivity index (χ1v) is 10.1. The molecule has 3 fully saturated rings. The van der Waals surface area contributed by atoms with Crippen molar-refractivity contribution in [2.45, 2.75) is 57.2 Å². The predicted molar refractivity (Wildman–Crippen MR) is 104 cm³/mol. The second-order valence-corrected chi connectivity index (χ2v) is 8.64. The summed E-state index contributed by atoms with van der Waals surface area (Å²) in [6.07, 6.45) is 5.32. The van der Waals surface area contributed by atoms with E-state index in [0.29, 0.717) is 23.9 Å². The van der Waals surface area contributed by atoms with Crippen molar-refractivity contribution in [3.8, 4) is 0 Å². The van der Waals surface area contributed by atoms with E-state index in [9.17, 15) is 14.4 Å². The van der Waals surface area contributed by atoms with Gasteiger partial charge in [-0.3, -0.25) is 14.9 Å². The molecule has 2 aliphatic carbocycles. The lowest BCUT2D eigenvalue weighted by Gasteiger charge is -2.43. The van der Waals surface area contributed by atoms with E-state index < -0.39 is 11.6 Å². The second-order valence-electron chi connectivity index (χ2n) is 8.64. The Morgan fingerprint density at radius 1 is 1.18 bits per heavy atom. The standard InChI is InChI=1S/C21H28N4O3/c1-21(19(27)24-20(28)25-21)16-7-5-12(6-8-16)11-23-18(26)15-9-13-3-2-4-14(10-15)17(13)22/h5-8,13-15,17H,2-4,9-11,22H2,1H3,(H,23,26)(H2,24,25,27,28). The fourth-order valence-electron chi connectivity index (χ4n) is 5.04. The van der Waals surface area contributed by atoms with E-state index in [1.165, 1.54) is 6.42 Å². The van der Waals surface area contributed by atoms with E-state index in [2.05, 4.69) is 16.0 Å². The van der Waals surface area contributed by atoms with Gasteiger partial charge in [0, 0.05) is 18.5 Å². The van der Waals surface area contributed by atoms with E-state index in [1.54, 1.807) is 6.92 Å². The number of urea groups is 1. The molecule has 2 saturated carbocycles. The molecule has 1 heterocycles. The molecule has 4 amide bonds. The van der Waals surface area contributed by atoms with Crippen LogP contribution in [0.25, 0.3) is 0 Å². The minimum absolute atomic E-state index is 0.0608. The van der Waals surface area contributed by atoms with Gasteiger partial charge in [-0.25, -0.2) is 4.79 Å². The number of amides is 4. The Morgan fingerprint density at radius 3 is 2.39 bits per heavy atom. The third kappa shape index (κ3) is 3.39. The van der Waals surface area contributed by atoms with Crippen molar-refractivity contribution in [3.05, 3.63) is 35.4 Å². The van der Waals surface area contributed by atoms with Crippen LogP contribution in [0.5, 0.6) is 0 Å². The maximum absolute atomic E-state index is 12.7. The number of hydrogen-bond acceptors (Lipinski definition) is 4. The van der Waals surface area contributed by atoms with Crippen molar-refractivity contribution in [1.29, 1.82) is 0 Å². The highest BCUT2D eigenvalue weighted by molar-refractivity contribution is 6.07. The molecule has 3 atom stereocenters. The molecule has 2 bridgehead atoms. The van der Waals surface area contributed by atoms with E-state index in [0.717, 1.165) is 31.2 Å². The summed E-state index contributed by atoms with van der Waals surface area (Å²) in [5.41, 5.74) is 6.93. The van der Waals surface area contributed by atoms with E-state index in [-0.39, 0.29) is 23.8 Å². The van der Waals surface area contributed by atoms with Gasteiger partial charge in [-0.2, -0.15) is 0 Å². The Labute approximate surface area is 164 Å². The Hall–Kier alpha value is -2.41. The van der Waals surface area contributed by atoms with Crippen LogP contribution >= 0.6 is 0 Å². The van der Waals surface area contributed by atoms with E-state index in [4.69, 9.17) is 5.73 Å². The van der Waals surface area contributed by atoms with Gasteiger partial charge in [-0.1, -0.05) is 30.7 Å². The molecule has 0 aromatic heterocycles. The number of carbonyl (C=O) groups excluding carboxylic acids is 3. The topological polar surface area (TPSA) is 113 Å². The fraction of sp³-hybridized carbons (Fsp3) is 0.571. The van der Waals surface area contributed by atoms with Crippen LogP contribution in [0.15, 0.2) is 24.3 Å². The summed E-state index contributed by atoms with van der Waals surface area (Å²) >= 11 is 0. The summed E-state index contributed by atoms with van der Waals surface area (Å²) in [4.78, 5) is 36.1. The van der Waals surface area contributed by atoms with Crippen LogP contribution in [0.4, 0.5) is 4.79 Å². The third-order valence-corrected chi connectivity index (χ3v) is 6.83. The summed E-state index contributed by atoms with van der Waals surface area (Å²) < 4.78 is 0. The fourth-order valence-corrected chi connectivity index (χ4v) is 5.04. The van der Waals surface area contributed by atoms with Gasteiger partial charge in [0.1, 0.15) is 5.54 Å². The number of hydrogen-bond donors (Lipinski definition) is 4. The average molecular weight is 384 g/mol. The molecule has 28 heavy (non-hydrogen) atoms. The first-order valence-electron chi connectivity index (χ1n) is 10.1. The average Bonchev–Trinajstić information content (AvgIpc) is 2.92. The lowest BCUT2D eigenvalue weighted by atomic mass is 9.65. The van der Waals surface area contributed by atoms with Crippen molar-refractivity contribution in [2.24, 2.45) is 23.5 Å². The van der Waals surface area contributed by atoms with Crippen LogP contribution in [0.3, 0.4) is 0 Å². The van der Waals surface area contributed by atoms with Crippen LogP contribution < -0.4 is 21.7 Å². The summed E-state index contributed by atoms with van der Waals surface area (Å²) in [6.45, 7) is 2.13. The Balaban J connectivity index is 1.35. The van der Waals surface area contributed by atoms with Gasteiger partial charge >= 0.3 is 6.03 Å². The third-order valence-electron chi connectivity index (χ3n) is 6.83. The number of nitrogens with one attached hydrogen (secondary N) is 3. The second kappa shape index (κ2) is 7.20. The highest BCUT2D eigenvalue weighted by Crippen LogP contribution is 2.41. The molecule has 0 radical (unpaired) electrons. The van der Waals surface area contributed by atoms with Crippen molar-refractivity contribution >= 4 is 17.8 Å². The highest BCUT2D eigenvalue weighted by Gasteiger charge is 2.43. The zero-order chi connectivity index (χ0) is 19.9. The Kier molecular flexibility index (Phi) is 4.87. The molecule has 4 rings (SSSR count). The monoisotopic (exact) mass is 384 g/mol. The van der Waals surface area contributed by atoms with Gasteiger partial charge in [-0.15, -0.1) is 0 Å². The number of nitrogens with two attached hydrogens (primary N) is 1. The van der Waals surface area contributed by atoms with Crippen molar-refractivity contribution in [1.82, 2.24) is 16.0 Å². The zero-order valence-electron chi connectivity index (χ0n) is 16.2. The van der Waals surface area contributed by atoms with Crippen molar-refractivity contribution in [2.75, 3.05) is 0 Å². The van der Waals surface area contributed by atoms with Crippen LogP contribution in [0.1, 0.15) is 50.2 Å². The number of fused-ring (bicyclic) bond motifs is 2. The van der Waals surface area contributed by atoms with Gasteiger partial charge in [-0.05, 0) is 55.6 Å². The van der Waals surface area contributed by atoms with Crippen LogP contribution in [0, 0.1) is 17.8 Å². The molecule has 1 aromatic rings. The molecular weight excluding hydrogens is 356 g/mol. The van der Waals surface area contributed by atoms with Crippen LogP contribution in [-0.4, -0.2) is 23.9 Å². The van der Waals surface area contributed by atoms with Gasteiger partial charge in [0.25, 0.3) is 5.91 Å². The number of benzene rings is 1.